The summed E-state index contributed by atoms with van der Waals surface area (Å²) in [6.07, 6.45) is 6.78. The molecule has 1 fully saturated rings. The third-order valence-corrected chi connectivity index (χ3v) is 8.29. The first kappa shape index (κ1) is 25.8. The number of benzene rings is 1. The summed E-state index contributed by atoms with van der Waals surface area (Å²) in [5.74, 6) is -4.77. The molecule has 1 saturated heterocycles. The quantitative estimate of drug-likeness (QED) is 0.297. The van der Waals surface area contributed by atoms with E-state index in [4.69, 9.17) is 9.84 Å². The topological polar surface area (TPSA) is 138 Å². The maximum atomic E-state index is 13.4. The lowest BCUT2D eigenvalue weighted by molar-refractivity contribution is -0.142. The number of halogens is 1. The number of phenols is 1. The van der Waals surface area contributed by atoms with Crippen LogP contribution in [0.15, 0.2) is 57.6 Å². The van der Waals surface area contributed by atoms with E-state index in [-0.39, 0.29) is 53.4 Å². The van der Waals surface area contributed by atoms with E-state index in [0.29, 0.717) is 16.7 Å². The molecule has 10 heteroatoms. The van der Waals surface area contributed by atoms with Crippen LogP contribution in [-0.2, 0) is 24.0 Å². The van der Waals surface area contributed by atoms with Gasteiger partial charge in [0.2, 0.25) is 11.8 Å². The second kappa shape index (κ2) is 9.83. The Morgan fingerprint density at radius 2 is 1.95 bits per heavy atom. The maximum Gasteiger partial charge on any atom is 0.305 e. The molecule has 4 aliphatic rings. The van der Waals surface area contributed by atoms with Crippen molar-refractivity contribution in [2.24, 2.45) is 23.7 Å². The second-order valence-electron chi connectivity index (χ2n) is 9.70. The predicted molar refractivity (Wildman–Crippen MR) is 138 cm³/mol. The van der Waals surface area contributed by atoms with E-state index in [1.54, 1.807) is 24.3 Å². The summed E-state index contributed by atoms with van der Waals surface area (Å²) in [4.78, 5) is 64.9. The summed E-state index contributed by atoms with van der Waals surface area (Å²) >= 11 is 3.19. The minimum absolute atomic E-state index is 0.0201. The van der Waals surface area contributed by atoms with Crippen LogP contribution in [0.3, 0.4) is 0 Å². The number of rotatable bonds is 6. The van der Waals surface area contributed by atoms with E-state index in [2.05, 4.69) is 15.9 Å². The van der Waals surface area contributed by atoms with Crippen molar-refractivity contribution >= 4 is 51.4 Å². The Bertz CT molecular complexity index is 1420. The summed E-state index contributed by atoms with van der Waals surface area (Å²) < 4.78 is 5.32. The van der Waals surface area contributed by atoms with Crippen LogP contribution in [0.4, 0.5) is 0 Å². The number of carboxylic acid groups (broad SMARTS) is 1. The zero-order valence-electron chi connectivity index (χ0n) is 20.3. The normalized spacial score (nSPS) is 26.7. The molecule has 1 aromatic rings. The van der Waals surface area contributed by atoms with Crippen molar-refractivity contribution < 1.29 is 38.9 Å². The van der Waals surface area contributed by atoms with Gasteiger partial charge in [0, 0.05) is 29.7 Å². The number of likely N-dealkylation sites (tertiary alicyclic amines) is 1. The van der Waals surface area contributed by atoms with Crippen LogP contribution in [0.25, 0.3) is 6.08 Å². The molecular formula is C28H24BrNO8. The number of ether oxygens (including phenoxy) is 1. The lowest BCUT2D eigenvalue weighted by atomic mass is 9.61. The third kappa shape index (κ3) is 4.22. The van der Waals surface area contributed by atoms with Gasteiger partial charge < -0.3 is 14.9 Å². The molecule has 38 heavy (non-hydrogen) atoms. The predicted octanol–water partition coefficient (Wildman–Crippen LogP) is 3.18. The van der Waals surface area contributed by atoms with Crippen molar-refractivity contribution in [1.29, 1.82) is 0 Å². The van der Waals surface area contributed by atoms with E-state index in [1.165, 1.54) is 19.3 Å². The molecule has 2 amide bonds. The van der Waals surface area contributed by atoms with Gasteiger partial charge in [0.05, 0.1) is 29.8 Å². The van der Waals surface area contributed by atoms with Crippen LogP contribution in [0.1, 0.15) is 24.8 Å². The van der Waals surface area contributed by atoms with Gasteiger partial charge in [-0.05, 0) is 52.4 Å². The molecule has 0 radical (unpaired) electrons. The van der Waals surface area contributed by atoms with Gasteiger partial charge in [-0.15, -0.1) is 0 Å². The fourth-order valence-electron chi connectivity index (χ4n) is 5.98. The fourth-order valence-corrected chi connectivity index (χ4v) is 6.43. The molecule has 0 aromatic heterocycles. The van der Waals surface area contributed by atoms with Crippen LogP contribution in [0.5, 0.6) is 11.5 Å². The minimum Gasteiger partial charge on any atom is -0.504 e. The van der Waals surface area contributed by atoms with Crippen LogP contribution >= 0.6 is 15.9 Å². The lowest BCUT2D eigenvalue weighted by Crippen LogP contribution is -2.40. The van der Waals surface area contributed by atoms with Gasteiger partial charge in [-0.1, -0.05) is 29.9 Å². The zero-order valence-corrected chi connectivity index (χ0v) is 21.9. The van der Waals surface area contributed by atoms with Crippen molar-refractivity contribution in [3.05, 3.63) is 63.2 Å². The summed E-state index contributed by atoms with van der Waals surface area (Å²) in [6, 6.07) is 4.80. The number of carbonyl (C=O) groups is 5. The second-order valence-corrected chi connectivity index (χ2v) is 10.6. The van der Waals surface area contributed by atoms with Crippen molar-refractivity contribution in [3.8, 4) is 11.5 Å². The van der Waals surface area contributed by atoms with E-state index in [9.17, 15) is 29.1 Å². The molecule has 0 bridgehead atoms. The molecule has 5 rings (SSSR count). The monoisotopic (exact) mass is 581 g/mol. The number of imide groups is 1. The van der Waals surface area contributed by atoms with Gasteiger partial charge in [0.1, 0.15) is 0 Å². The Hall–Kier alpha value is -3.79. The zero-order chi connectivity index (χ0) is 27.3. The Balaban J connectivity index is 1.56. The molecule has 196 valence electrons. The number of nitrogens with zero attached hydrogens (tertiary/aromatic N) is 1. The van der Waals surface area contributed by atoms with Gasteiger partial charge in [-0.3, -0.25) is 28.9 Å². The van der Waals surface area contributed by atoms with Crippen molar-refractivity contribution in [2.45, 2.75) is 19.3 Å². The Morgan fingerprint density at radius 1 is 1.18 bits per heavy atom. The van der Waals surface area contributed by atoms with E-state index >= 15 is 0 Å². The Labute approximate surface area is 226 Å². The number of aromatic hydroxyl groups is 1. The molecule has 9 nitrogen and oxygen atoms in total. The number of carboxylic acids is 1. The number of hydrogen-bond acceptors (Lipinski definition) is 7. The van der Waals surface area contributed by atoms with Crippen molar-refractivity contribution in [1.82, 2.24) is 4.90 Å². The average Bonchev–Trinajstić information content (AvgIpc) is 3.13. The Kier molecular flexibility index (Phi) is 6.68. The molecular weight excluding hydrogens is 558 g/mol. The smallest absolute Gasteiger partial charge is 0.305 e. The minimum atomic E-state index is -1.11. The number of ketones is 2. The molecule has 1 aromatic carbocycles. The molecule has 4 atom stereocenters. The number of Topliss-reactive ketones (excluding diaryl/α,β-unsaturated/α-hetero) is 1. The highest BCUT2D eigenvalue weighted by atomic mass is 79.9. The summed E-state index contributed by atoms with van der Waals surface area (Å²) in [6.45, 7) is -0.201. The summed E-state index contributed by atoms with van der Waals surface area (Å²) in [5.41, 5.74) is 2.15. The number of fused-ring (bicyclic) bond motifs is 3. The number of hydrogen-bond donors (Lipinski definition) is 2. The van der Waals surface area contributed by atoms with Gasteiger partial charge >= 0.3 is 5.97 Å². The highest BCUT2D eigenvalue weighted by molar-refractivity contribution is 9.12. The maximum absolute atomic E-state index is 13.4. The number of carbonyl (C=O) groups excluding carboxylic acids is 4. The number of phenolic OH excluding ortho intramolecular Hbond substituents is 1. The van der Waals surface area contributed by atoms with Gasteiger partial charge in [-0.2, -0.15) is 0 Å². The number of methoxy groups -OCH3 is 1. The van der Waals surface area contributed by atoms with Gasteiger partial charge in [-0.25, -0.2) is 0 Å². The Morgan fingerprint density at radius 3 is 2.66 bits per heavy atom. The van der Waals surface area contributed by atoms with E-state index in [0.717, 1.165) is 10.5 Å². The fraction of sp³-hybridized carbons (Fsp3) is 0.321. The largest absolute Gasteiger partial charge is 0.504 e. The highest BCUT2D eigenvalue weighted by Gasteiger charge is 2.55. The summed E-state index contributed by atoms with van der Waals surface area (Å²) in [7, 11) is 1.44. The first-order valence-electron chi connectivity index (χ1n) is 12.1. The number of amides is 2. The molecule has 0 saturated carbocycles. The van der Waals surface area contributed by atoms with Crippen molar-refractivity contribution in [3.63, 3.8) is 0 Å². The SMILES string of the molecule is COc1cc(C=C[C@H]2C3=CC[C@@H]4C(=O)N(CCC(=O)O)C(=O)[C@@H]4[C@@H]3CC3=C2C(=O)C=C(Br)C3=O)ccc1O. The standard InChI is InChI=1S/C28H24BrNO8/c1-38-22-10-13(3-7-20(22)31)2-4-15-14-5-6-16-25(28(37)30(27(16)36)9-8-23(33)34)17(14)11-18-24(15)21(32)12-19(29)26(18)35/h2-5,7,10,12,15-17,25,31H,6,8-9,11H2,1H3,(H,33,34)/t15-,16-,17+,25-/m0/s1. The summed E-state index contributed by atoms with van der Waals surface area (Å²) in [5, 5.41) is 19.0. The van der Waals surface area contributed by atoms with Crippen molar-refractivity contribution in [2.75, 3.05) is 13.7 Å². The number of allylic oxidation sites excluding steroid dienone is 7. The molecule has 3 aliphatic carbocycles. The molecule has 0 unspecified atom stereocenters. The van der Waals surface area contributed by atoms with E-state index in [1.807, 2.05) is 6.08 Å². The first-order chi connectivity index (χ1) is 18.1. The van der Waals surface area contributed by atoms with Crippen LogP contribution in [0.2, 0.25) is 0 Å². The molecule has 0 spiro atoms. The van der Waals surface area contributed by atoms with E-state index < -0.39 is 41.5 Å². The van der Waals surface area contributed by atoms with Gasteiger partial charge in [0.25, 0.3) is 0 Å². The molecule has 2 N–H and O–H groups in total. The lowest BCUT2D eigenvalue weighted by Gasteiger charge is -2.41. The third-order valence-electron chi connectivity index (χ3n) is 7.70. The highest BCUT2D eigenvalue weighted by Crippen LogP contribution is 2.52. The van der Waals surface area contributed by atoms with Crippen LogP contribution < -0.4 is 4.74 Å². The first-order valence-corrected chi connectivity index (χ1v) is 12.9. The number of aliphatic carboxylic acids is 1. The van der Waals surface area contributed by atoms with Crippen LogP contribution in [-0.4, -0.2) is 58.1 Å². The average molecular weight is 582 g/mol. The molecule has 1 heterocycles. The van der Waals surface area contributed by atoms with Gasteiger partial charge in [0.15, 0.2) is 23.1 Å². The molecule has 1 aliphatic heterocycles. The van der Waals surface area contributed by atoms with Crippen LogP contribution in [0, 0.1) is 23.7 Å².